The number of aromatic nitrogens is 4. The van der Waals surface area contributed by atoms with Crippen LogP contribution in [0.3, 0.4) is 0 Å². The van der Waals surface area contributed by atoms with Gasteiger partial charge in [0.05, 0.1) is 5.69 Å². The van der Waals surface area contributed by atoms with Crippen LogP contribution < -0.4 is 0 Å². The molecule has 0 aliphatic heterocycles. The van der Waals surface area contributed by atoms with Crippen LogP contribution in [0.2, 0.25) is 0 Å². The molecule has 5 heteroatoms. The van der Waals surface area contributed by atoms with Gasteiger partial charge in [-0.05, 0) is 6.92 Å². The molecule has 0 aromatic carbocycles. The van der Waals surface area contributed by atoms with E-state index in [9.17, 15) is 0 Å². The summed E-state index contributed by atoms with van der Waals surface area (Å²) < 4.78 is 5.01. The standard InChI is InChI=1S/C8H10N4O/c1-3-7-9-8(11-10-7)6-4-5(2)12-13-6/h4H,3H2,1-2H3,(H,9,10,11). The van der Waals surface area contributed by atoms with Crippen LogP contribution in [-0.2, 0) is 6.42 Å². The van der Waals surface area contributed by atoms with Crippen molar-refractivity contribution in [1.82, 2.24) is 20.3 Å². The number of hydrogen-bond donors (Lipinski definition) is 1. The van der Waals surface area contributed by atoms with Crippen LogP contribution in [0.1, 0.15) is 18.4 Å². The lowest BCUT2D eigenvalue weighted by Crippen LogP contribution is -1.81. The minimum Gasteiger partial charge on any atom is -0.353 e. The van der Waals surface area contributed by atoms with Crippen molar-refractivity contribution in [2.24, 2.45) is 0 Å². The highest BCUT2D eigenvalue weighted by Crippen LogP contribution is 2.14. The van der Waals surface area contributed by atoms with Crippen molar-refractivity contribution < 1.29 is 4.52 Å². The molecule has 13 heavy (non-hydrogen) atoms. The molecule has 0 atom stereocenters. The maximum atomic E-state index is 5.01. The van der Waals surface area contributed by atoms with Crippen LogP contribution in [0, 0.1) is 6.92 Å². The molecule has 68 valence electrons. The zero-order valence-corrected chi connectivity index (χ0v) is 7.53. The van der Waals surface area contributed by atoms with Gasteiger partial charge in [-0.15, -0.1) is 5.10 Å². The first-order valence-corrected chi connectivity index (χ1v) is 4.14. The van der Waals surface area contributed by atoms with Crippen LogP contribution in [0.15, 0.2) is 10.6 Å². The second-order valence-electron chi connectivity index (χ2n) is 2.79. The highest BCUT2D eigenvalue weighted by molar-refractivity contribution is 5.45. The zero-order valence-electron chi connectivity index (χ0n) is 7.53. The first kappa shape index (κ1) is 7.97. The molecule has 0 bridgehead atoms. The molecule has 2 rings (SSSR count). The molecule has 2 aromatic rings. The van der Waals surface area contributed by atoms with Crippen molar-refractivity contribution >= 4 is 0 Å². The van der Waals surface area contributed by atoms with Gasteiger partial charge in [0, 0.05) is 12.5 Å². The number of hydrogen-bond acceptors (Lipinski definition) is 4. The van der Waals surface area contributed by atoms with Gasteiger partial charge in [-0.3, -0.25) is 5.10 Å². The van der Waals surface area contributed by atoms with Gasteiger partial charge < -0.3 is 4.52 Å². The zero-order chi connectivity index (χ0) is 9.26. The molecule has 1 N–H and O–H groups in total. The van der Waals surface area contributed by atoms with Crippen molar-refractivity contribution in [1.29, 1.82) is 0 Å². The van der Waals surface area contributed by atoms with Gasteiger partial charge in [-0.2, -0.15) is 0 Å². The van der Waals surface area contributed by atoms with Crippen molar-refractivity contribution in [3.8, 4) is 11.6 Å². The third-order valence-corrected chi connectivity index (χ3v) is 1.71. The molecule has 0 amide bonds. The van der Waals surface area contributed by atoms with E-state index in [0.29, 0.717) is 11.6 Å². The van der Waals surface area contributed by atoms with Gasteiger partial charge in [-0.25, -0.2) is 4.98 Å². The lowest BCUT2D eigenvalue weighted by atomic mass is 10.4. The molecule has 0 aliphatic rings. The van der Waals surface area contributed by atoms with Gasteiger partial charge in [0.15, 0.2) is 0 Å². The summed E-state index contributed by atoms with van der Waals surface area (Å²) in [5.74, 6) is 2.02. The molecule has 0 fully saturated rings. The third kappa shape index (κ3) is 1.44. The minimum absolute atomic E-state index is 0.567. The van der Waals surface area contributed by atoms with Crippen molar-refractivity contribution in [2.45, 2.75) is 20.3 Å². The fourth-order valence-corrected chi connectivity index (χ4v) is 1.03. The Morgan fingerprint density at radius 2 is 2.38 bits per heavy atom. The van der Waals surface area contributed by atoms with Gasteiger partial charge in [0.2, 0.25) is 11.6 Å². The highest BCUT2D eigenvalue weighted by atomic mass is 16.5. The van der Waals surface area contributed by atoms with E-state index in [1.807, 2.05) is 19.9 Å². The van der Waals surface area contributed by atoms with Crippen LogP contribution >= 0.6 is 0 Å². The Labute approximate surface area is 75.2 Å². The van der Waals surface area contributed by atoms with Crippen LogP contribution in [0.4, 0.5) is 0 Å². The SMILES string of the molecule is CCc1nc(-c2cc(C)no2)n[nH]1. The molecular weight excluding hydrogens is 168 g/mol. The number of aromatic amines is 1. The van der Waals surface area contributed by atoms with E-state index in [4.69, 9.17) is 4.52 Å². The number of nitrogens with one attached hydrogen (secondary N) is 1. The van der Waals surface area contributed by atoms with Crippen molar-refractivity contribution in [3.05, 3.63) is 17.6 Å². The average Bonchev–Trinajstić information content (AvgIpc) is 2.71. The summed E-state index contributed by atoms with van der Waals surface area (Å²) in [5, 5.41) is 10.6. The van der Waals surface area contributed by atoms with Crippen LogP contribution in [0.5, 0.6) is 0 Å². The Hall–Kier alpha value is -1.65. The van der Waals surface area contributed by atoms with E-state index in [2.05, 4.69) is 20.3 Å². The first-order valence-electron chi connectivity index (χ1n) is 4.14. The van der Waals surface area contributed by atoms with Gasteiger partial charge >= 0.3 is 0 Å². The molecule has 0 saturated carbocycles. The Morgan fingerprint density at radius 3 is 2.92 bits per heavy atom. The fourth-order valence-electron chi connectivity index (χ4n) is 1.03. The van der Waals surface area contributed by atoms with Crippen molar-refractivity contribution in [3.63, 3.8) is 0 Å². The quantitative estimate of drug-likeness (QED) is 0.753. The summed E-state index contributed by atoms with van der Waals surface area (Å²) in [7, 11) is 0. The third-order valence-electron chi connectivity index (χ3n) is 1.71. The highest BCUT2D eigenvalue weighted by Gasteiger charge is 2.09. The largest absolute Gasteiger partial charge is 0.353 e. The number of H-pyrrole nitrogens is 1. The summed E-state index contributed by atoms with van der Waals surface area (Å²) in [5.41, 5.74) is 0.831. The second kappa shape index (κ2) is 3.01. The molecule has 0 spiro atoms. The van der Waals surface area contributed by atoms with E-state index in [0.717, 1.165) is 17.9 Å². The summed E-state index contributed by atoms with van der Waals surface area (Å²) in [4.78, 5) is 4.21. The maximum absolute atomic E-state index is 5.01. The minimum atomic E-state index is 0.567. The number of rotatable bonds is 2. The number of nitrogens with zero attached hydrogens (tertiary/aromatic N) is 3. The number of aryl methyl sites for hydroxylation is 2. The Balaban J connectivity index is 2.35. The molecular formula is C8H10N4O. The molecule has 0 saturated heterocycles. The Bertz CT molecular complexity index is 404. The smallest absolute Gasteiger partial charge is 0.219 e. The monoisotopic (exact) mass is 178 g/mol. The Morgan fingerprint density at radius 1 is 1.54 bits per heavy atom. The average molecular weight is 178 g/mol. The van der Waals surface area contributed by atoms with Crippen LogP contribution in [-0.4, -0.2) is 20.3 Å². The summed E-state index contributed by atoms with van der Waals surface area (Å²) in [6, 6.07) is 1.81. The Kier molecular flexibility index (Phi) is 1.84. The van der Waals surface area contributed by atoms with E-state index in [-0.39, 0.29) is 0 Å². The van der Waals surface area contributed by atoms with Gasteiger partial charge in [0.1, 0.15) is 5.82 Å². The predicted octanol–water partition coefficient (Wildman–Crippen LogP) is 1.33. The van der Waals surface area contributed by atoms with Crippen LogP contribution in [0.25, 0.3) is 11.6 Å². The topological polar surface area (TPSA) is 67.6 Å². The van der Waals surface area contributed by atoms with E-state index in [1.54, 1.807) is 0 Å². The van der Waals surface area contributed by atoms with E-state index in [1.165, 1.54) is 0 Å². The van der Waals surface area contributed by atoms with E-state index < -0.39 is 0 Å². The lowest BCUT2D eigenvalue weighted by molar-refractivity contribution is 0.424. The van der Waals surface area contributed by atoms with E-state index >= 15 is 0 Å². The first-order chi connectivity index (χ1) is 6.29. The summed E-state index contributed by atoms with van der Waals surface area (Å²) in [6.45, 7) is 3.87. The molecule has 0 aliphatic carbocycles. The molecule has 2 heterocycles. The maximum Gasteiger partial charge on any atom is 0.219 e. The fraction of sp³-hybridized carbons (Fsp3) is 0.375. The van der Waals surface area contributed by atoms with Gasteiger partial charge in [-0.1, -0.05) is 12.1 Å². The lowest BCUT2D eigenvalue weighted by Gasteiger charge is -1.82. The molecule has 0 unspecified atom stereocenters. The molecule has 5 nitrogen and oxygen atoms in total. The summed E-state index contributed by atoms with van der Waals surface area (Å²) >= 11 is 0. The second-order valence-corrected chi connectivity index (χ2v) is 2.79. The normalized spacial score (nSPS) is 10.6. The van der Waals surface area contributed by atoms with Crippen molar-refractivity contribution in [2.75, 3.05) is 0 Å². The summed E-state index contributed by atoms with van der Waals surface area (Å²) in [6.07, 6.45) is 0.833. The van der Waals surface area contributed by atoms with Gasteiger partial charge in [0.25, 0.3) is 0 Å². The predicted molar refractivity (Wildman–Crippen MR) is 46.0 cm³/mol. The molecule has 0 radical (unpaired) electrons. The molecule has 2 aromatic heterocycles.